The maximum Gasteiger partial charge on any atom is 0.229 e. The van der Waals surface area contributed by atoms with Gasteiger partial charge in [-0.05, 0) is 0 Å². The molecule has 0 saturated carbocycles. The second-order valence-corrected chi connectivity index (χ2v) is 6.62. The van der Waals surface area contributed by atoms with E-state index in [9.17, 15) is 9.59 Å². The first-order valence-electron chi connectivity index (χ1n) is 7.75. The Labute approximate surface area is 136 Å². The molecule has 0 spiro atoms. The summed E-state index contributed by atoms with van der Waals surface area (Å²) >= 11 is 0. The average Bonchev–Trinajstić information content (AvgIpc) is 2.78. The summed E-state index contributed by atoms with van der Waals surface area (Å²) in [6, 6.07) is 1.83. The minimum absolute atomic E-state index is 0.102. The molecule has 0 bridgehead atoms. The predicted octanol–water partition coefficient (Wildman–Crippen LogP) is 1.48. The second kappa shape index (κ2) is 7.04. The Morgan fingerprint density at radius 2 is 1.87 bits per heavy atom. The molecule has 7 nitrogen and oxygen atoms in total. The topological polar surface area (TPSA) is 84.4 Å². The van der Waals surface area contributed by atoms with Gasteiger partial charge >= 0.3 is 0 Å². The van der Waals surface area contributed by atoms with Crippen molar-refractivity contribution >= 4 is 17.6 Å². The molecule has 0 aliphatic carbocycles. The number of hydrogen-bond donors (Lipinski definition) is 1. The fourth-order valence-electron chi connectivity index (χ4n) is 2.31. The van der Waals surface area contributed by atoms with Crippen molar-refractivity contribution in [2.24, 2.45) is 0 Å². The van der Waals surface area contributed by atoms with Crippen LogP contribution in [-0.4, -0.2) is 46.9 Å². The summed E-state index contributed by atoms with van der Waals surface area (Å²) in [6.07, 6.45) is 0.636. The summed E-state index contributed by atoms with van der Waals surface area (Å²) in [5, 5.41) is 3.17. The highest BCUT2D eigenvalue weighted by molar-refractivity contribution is 6.01. The summed E-state index contributed by atoms with van der Waals surface area (Å²) in [7, 11) is 1.62. The highest BCUT2D eigenvalue weighted by Crippen LogP contribution is 2.21. The summed E-state index contributed by atoms with van der Waals surface area (Å²) in [4.78, 5) is 33.5. The maximum absolute atomic E-state index is 11.6. The fraction of sp³-hybridized carbons (Fsp3) is 0.625. The van der Waals surface area contributed by atoms with Crippen LogP contribution in [0.25, 0.3) is 0 Å². The molecule has 1 aromatic rings. The molecule has 2 rings (SSSR count). The molecule has 1 N–H and O–H groups in total. The normalized spacial score (nSPS) is 15.4. The van der Waals surface area contributed by atoms with E-state index in [4.69, 9.17) is 4.74 Å². The molecule has 0 atom stereocenters. The number of aromatic nitrogens is 2. The van der Waals surface area contributed by atoms with Gasteiger partial charge in [-0.1, -0.05) is 20.8 Å². The van der Waals surface area contributed by atoms with E-state index in [0.717, 1.165) is 11.5 Å². The van der Waals surface area contributed by atoms with Gasteiger partial charge in [0.15, 0.2) is 0 Å². The minimum Gasteiger partial charge on any atom is -0.378 e. The van der Waals surface area contributed by atoms with Crippen LogP contribution < -0.4 is 5.32 Å². The quantitative estimate of drug-likeness (QED) is 0.799. The summed E-state index contributed by atoms with van der Waals surface area (Å²) in [5.74, 6) is 1.20. The smallest absolute Gasteiger partial charge is 0.229 e. The molecule has 0 aromatic carbocycles. The van der Waals surface area contributed by atoms with Crippen LogP contribution in [-0.2, 0) is 26.3 Å². The van der Waals surface area contributed by atoms with Gasteiger partial charge in [0.05, 0.1) is 12.3 Å². The standard InChI is InChI=1S/C16H24N4O3/c1-16(2,3)15-18-11(10-23-4)9-12(19-15)17-7-8-20-13(21)5-6-14(20)22/h9H,5-8,10H2,1-4H3,(H,17,18,19). The van der Waals surface area contributed by atoms with Crippen LogP contribution >= 0.6 is 0 Å². The first kappa shape index (κ1) is 17.3. The zero-order valence-electron chi connectivity index (χ0n) is 14.2. The molecule has 1 saturated heterocycles. The number of nitrogens with zero attached hydrogens (tertiary/aromatic N) is 3. The summed E-state index contributed by atoms with van der Waals surface area (Å²) in [6.45, 7) is 7.36. The van der Waals surface area contributed by atoms with Crippen LogP contribution in [0.2, 0.25) is 0 Å². The van der Waals surface area contributed by atoms with Gasteiger partial charge in [0, 0.05) is 44.5 Å². The zero-order chi connectivity index (χ0) is 17.0. The first-order chi connectivity index (χ1) is 10.8. The number of anilines is 1. The van der Waals surface area contributed by atoms with Crippen molar-refractivity contribution in [2.45, 2.75) is 45.6 Å². The van der Waals surface area contributed by atoms with Gasteiger partial charge in [-0.15, -0.1) is 0 Å². The molecule has 2 heterocycles. The van der Waals surface area contributed by atoms with Gasteiger partial charge in [-0.2, -0.15) is 0 Å². The SMILES string of the molecule is COCc1cc(NCCN2C(=O)CCC2=O)nc(C(C)(C)C)n1. The maximum atomic E-state index is 11.6. The second-order valence-electron chi connectivity index (χ2n) is 6.62. The molecule has 1 aliphatic heterocycles. The Balaban J connectivity index is 2.05. The summed E-state index contributed by atoms with van der Waals surface area (Å²) in [5.41, 5.74) is 0.615. The number of hydrogen-bond acceptors (Lipinski definition) is 6. The molecule has 2 amide bonds. The predicted molar refractivity (Wildman–Crippen MR) is 85.9 cm³/mol. The van der Waals surface area contributed by atoms with Crippen LogP contribution in [0.15, 0.2) is 6.07 Å². The number of amides is 2. The van der Waals surface area contributed by atoms with E-state index in [0.29, 0.717) is 38.4 Å². The first-order valence-corrected chi connectivity index (χ1v) is 7.75. The zero-order valence-corrected chi connectivity index (χ0v) is 14.2. The number of likely N-dealkylation sites (tertiary alicyclic amines) is 1. The van der Waals surface area contributed by atoms with E-state index in [1.54, 1.807) is 7.11 Å². The molecule has 1 aliphatic rings. The number of nitrogens with one attached hydrogen (secondary N) is 1. The van der Waals surface area contributed by atoms with Gasteiger partial charge in [-0.25, -0.2) is 9.97 Å². The Morgan fingerprint density at radius 3 is 2.43 bits per heavy atom. The number of methoxy groups -OCH3 is 1. The van der Waals surface area contributed by atoms with E-state index in [1.165, 1.54) is 4.90 Å². The van der Waals surface area contributed by atoms with Gasteiger partial charge in [0.1, 0.15) is 11.6 Å². The molecular formula is C16H24N4O3. The Bertz CT molecular complexity index is 579. The van der Waals surface area contributed by atoms with E-state index in [-0.39, 0.29) is 17.2 Å². The third-order valence-corrected chi connectivity index (χ3v) is 3.54. The van der Waals surface area contributed by atoms with E-state index in [1.807, 2.05) is 26.8 Å². The van der Waals surface area contributed by atoms with Crippen molar-refractivity contribution in [3.63, 3.8) is 0 Å². The molecule has 7 heteroatoms. The molecular weight excluding hydrogens is 296 g/mol. The van der Waals surface area contributed by atoms with E-state index >= 15 is 0 Å². The van der Waals surface area contributed by atoms with Crippen molar-refractivity contribution in [3.8, 4) is 0 Å². The van der Waals surface area contributed by atoms with Crippen molar-refractivity contribution in [3.05, 3.63) is 17.6 Å². The minimum atomic E-state index is -0.179. The lowest BCUT2D eigenvalue weighted by atomic mass is 9.95. The highest BCUT2D eigenvalue weighted by atomic mass is 16.5. The van der Waals surface area contributed by atoms with Gasteiger partial charge < -0.3 is 10.1 Å². The Morgan fingerprint density at radius 1 is 1.22 bits per heavy atom. The molecule has 1 aromatic heterocycles. The molecule has 0 radical (unpaired) electrons. The van der Waals surface area contributed by atoms with Crippen LogP contribution in [0, 0.1) is 0 Å². The molecule has 23 heavy (non-hydrogen) atoms. The van der Waals surface area contributed by atoms with Gasteiger partial charge in [0.2, 0.25) is 11.8 Å². The molecule has 1 fully saturated rings. The number of carbonyl (C=O) groups is 2. The van der Waals surface area contributed by atoms with Crippen LogP contribution in [0.5, 0.6) is 0 Å². The van der Waals surface area contributed by atoms with Crippen LogP contribution in [0.1, 0.15) is 45.1 Å². The van der Waals surface area contributed by atoms with Crippen molar-refractivity contribution in [1.82, 2.24) is 14.9 Å². The third kappa shape index (κ3) is 4.48. The molecule has 0 unspecified atom stereocenters. The van der Waals surface area contributed by atoms with Crippen molar-refractivity contribution in [1.29, 1.82) is 0 Å². The van der Waals surface area contributed by atoms with E-state index in [2.05, 4.69) is 15.3 Å². The lowest BCUT2D eigenvalue weighted by Crippen LogP contribution is -2.33. The number of carbonyl (C=O) groups excluding carboxylic acids is 2. The van der Waals surface area contributed by atoms with Crippen LogP contribution in [0.4, 0.5) is 5.82 Å². The van der Waals surface area contributed by atoms with Crippen LogP contribution in [0.3, 0.4) is 0 Å². The summed E-state index contributed by atoms with van der Waals surface area (Å²) < 4.78 is 5.15. The van der Waals surface area contributed by atoms with Gasteiger partial charge in [0.25, 0.3) is 0 Å². The monoisotopic (exact) mass is 320 g/mol. The Hall–Kier alpha value is -2.02. The number of imide groups is 1. The largest absolute Gasteiger partial charge is 0.378 e. The van der Waals surface area contributed by atoms with E-state index < -0.39 is 0 Å². The number of rotatable bonds is 6. The third-order valence-electron chi connectivity index (χ3n) is 3.54. The highest BCUT2D eigenvalue weighted by Gasteiger charge is 2.28. The Kier molecular flexibility index (Phi) is 5.30. The lowest BCUT2D eigenvalue weighted by Gasteiger charge is -2.19. The lowest BCUT2D eigenvalue weighted by molar-refractivity contribution is -0.138. The van der Waals surface area contributed by atoms with Crippen molar-refractivity contribution in [2.75, 3.05) is 25.5 Å². The van der Waals surface area contributed by atoms with Gasteiger partial charge in [-0.3, -0.25) is 14.5 Å². The number of ether oxygens (including phenoxy) is 1. The average molecular weight is 320 g/mol. The molecule has 126 valence electrons. The fourth-order valence-corrected chi connectivity index (χ4v) is 2.31. The van der Waals surface area contributed by atoms with Crippen molar-refractivity contribution < 1.29 is 14.3 Å².